The van der Waals surface area contributed by atoms with Crippen molar-refractivity contribution in [2.45, 2.75) is 31.3 Å². The molecule has 0 bridgehead atoms. The SMILES string of the molecule is CC(C)(C)OC(=O)c1cc(S(N)(=O)=O)cc(Cl)c1Cl. The molecule has 2 N–H and O–H groups in total. The average molecular weight is 326 g/mol. The van der Waals surface area contributed by atoms with Crippen molar-refractivity contribution in [3.8, 4) is 0 Å². The molecule has 5 nitrogen and oxygen atoms in total. The zero-order valence-corrected chi connectivity index (χ0v) is 12.9. The average Bonchev–Trinajstić information content (AvgIpc) is 2.17. The van der Waals surface area contributed by atoms with Crippen LogP contribution >= 0.6 is 23.2 Å². The zero-order valence-electron chi connectivity index (χ0n) is 10.5. The molecule has 0 heterocycles. The molecule has 19 heavy (non-hydrogen) atoms. The van der Waals surface area contributed by atoms with Gasteiger partial charge in [0.05, 0.1) is 20.5 Å². The summed E-state index contributed by atoms with van der Waals surface area (Å²) in [7, 11) is -3.99. The first-order valence-corrected chi connectivity index (χ1v) is 7.47. The lowest BCUT2D eigenvalue weighted by Gasteiger charge is -2.20. The number of sulfonamides is 1. The maximum atomic E-state index is 11.9. The maximum Gasteiger partial charge on any atom is 0.340 e. The van der Waals surface area contributed by atoms with E-state index in [1.54, 1.807) is 20.8 Å². The zero-order chi connectivity index (χ0) is 15.0. The Hall–Kier alpha value is -0.820. The first-order chi connectivity index (χ1) is 8.42. The fraction of sp³-hybridized carbons (Fsp3) is 0.364. The molecule has 0 aliphatic heterocycles. The van der Waals surface area contributed by atoms with Gasteiger partial charge < -0.3 is 4.74 Å². The van der Waals surface area contributed by atoms with Gasteiger partial charge in [-0.2, -0.15) is 0 Å². The van der Waals surface area contributed by atoms with Crippen LogP contribution in [-0.2, 0) is 14.8 Å². The second-order valence-electron chi connectivity index (χ2n) is 4.81. The van der Waals surface area contributed by atoms with E-state index in [1.165, 1.54) is 0 Å². The summed E-state index contributed by atoms with van der Waals surface area (Å²) in [4.78, 5) is 11.6. The molecule has 0 fully saturated rings. The Morgan fingerprint density at radius 2 is 1.79 bits per heavy atom. The van der Waals surface area contributed by atoms with Crippen LogP contribution < -0.4 is 5.14 Å². The third kappa shape index (κ3) is 4.35. The van der Waals surface area contributed by atoms with E-state index >= 15 is 0 Å². The van der Waals surface area contributed by atoms with E-state index in [9.17, 15) is 13.2 Å². The number of halogens is 2. The van der Waals surface area contributed by atoms with E-state index in [-0.39, 0.29) is 20.5 Å². The third-order valence-electron chi connectivity index (χ3n) is 1.95. The molecular weight excluding hydrogens is 313 g/mol. The molecule has 0 atom stereocenters. The second kappa shape index (κ2) is 5.28. The first-order valence-electron chi connectivity index (χ1n) is 5.17. The fourth-order valence-corrected chi connectivity index (χ4v) is 2.24. The van der Waals surface area contributed by atoms with Crippen molar-refractivity contribution in [3.63, 3.8) is 0 Å². The Morgan fingerprint density at radius 3 is 2.21 bits per heavy atom. The molecule has 8 heteroatoms. The van der Waals surface area contributed by atoms with Gasteiger partial charge in [0.2, 0.25) is 10.0 Å². The normalized spacial score (nSPS) is 12.3. The quantitative estimate of drug-likeness (QED) is 0.846. The molecule has 0 radical (unpaired) electrons. The highest BCUT2D eigenvalue weighted by atomic mass is 35.5. The minimum atomic E-state index is -3.99. The lowest BCUT2D eigenvalue weighted by Crippen LogP contribution is -2.24. The number of ether oxygens (including phenoxy) is 1. The summed E-state index contributed by atoms with van der Waals surface area (Å²) in [6.07, 6.45) is 0. The molecular formula is C11H13Cl2NO4S. The number of carbonyl (C=O) groups is 1. The van der Waals surface area contributed by atoms with Crippen LogP contribution in [0.2, 0.25) is 10.0 Å². The largest absolute Gasteiger partial charge is 0.456 e. The van der Waals surface area contributed by atoms with Gasteiger partial charge in [-0.3, -0.25) is 0 Å². The van der Waals surface area contributed by atoms with Gasteiger partial charge >= 0.3 is 5.97 Å². The van der Waals surface area contributed by atoms with Gasteiger partial charge in [-0.25, -0.2) is 18.4 Å². The summed E-state index contributed by atoms with van der Waals surface area (Å²) in [5.41, 5.74) is -0.891. The molecule has 1 aromatic carbocycles. The molecule has 0 spiro atoms. The minimum absolute atomic E-state index is 0.0803. The van der Waals surface area contributed by atoms with E-state index in [0.29, 0.717) is 0 Å². The predicted octanol–water partition coefficient (Wildman–Crippen LogP) is 2.60. The standard InChI is InChI=1S/C11H13Cl2NO4S/c1-11(2,3)18-10(15)7-4-6(19(14,16)17)5-8(12)9(7)13/h4-5H,1-3H3,(H2,14,16,17). The highest BCUT2D eigenvalue weighted by Crippen LogP contribution is 2.30. The van der Waals surface area contributed by atoms with Gasteiger partial charge in [0.25, 0.3) is 0 Å². The van der Waals surface area contributed by atoms with Crippen LogP contribution in [0, 0.1) is 0 Å². The Balaban J connectivity index is 3.36. The lowest BCUT2D eigenvalue weighted by atomic mass is 10.1. The number of benzene rings is 1. The topological polar surface area (TPSA) is 86.5 Å². The maximum absolute atomic E-state index is 11.9. The van der Waals surface area contributed by atoms with Gasteiger partial charge in [0.1, 0.15) is 5.60 Å². The molecule has 1 rings (SSSR count). The Kier molecular flexibility index (Phi) is 4.51. The predicted molar refractivity (Wildman–Crippen MR) is 73.0 cm³/mol. The Bertz CT molecular complexity index is 620. The van der Waals surface area contributed by atoms with Crippen LogP contribution in [-0.4, -0.2) is 20.0 Å². The number of carbonyl (C=O) groups excluding carboxylic acids is 1. The summed E-state index contributed by atoms with van der Waals surface area (Å²) < 4.78 is 27.7. The van der Waals surface area contributed by atoms with Crippen molar-refractivity contribution >= 4 is 39.2 Å². The van der Waals surface area contributed by atoms with Gasteiger partial charge in [-0.15, -0.1) is 0 Å². The molecule has 0 unspecified atom stereocenters. The molecule has 0 amide bonds. The summed E-state index contributed by atoms with van der Waals surface area (Å²) in [6.45, 7) is 5.01. The molecule has 0 aromatic heterocycles. The summed E-state index contributed by atoms with van der Waals surface area (Å²) >= 11 is 11.7. The van der Waals surface area contributed by atoms with Crippen molar-refractivity contribution in [1.29, 1.82) is 0 Å². The number of hydrogen-bond donors (Lipinski definition) is 1. The van der Waals surface area contributed by atoms with E-state index in [0.717, 1.165) is 12.1 Å². The Labute approximate surface area is 121 Å². The highest BCUT2D eigenvalue weighted by molar-refractivity contribution is 7.89. The monoisotopic (exact) mass is 325 g/mol. The Morgan fingerprint density at radius 1 is 1.26 bits per heavy atom. The number of primary sulfonamides is 1. The smallest absolute Gasteiger partial charge is 0.340 e. The van der Waals surface area contributed by atoms with E-state index < -0.39 is 21.6 Å². The summed E-state index contributed by atoms with van der Waals surface area (Å²) in [5.74, 6) is -0.773. The molecule has 0 aliphatic carbocycles. The van der Waals surface area contributed by atoms with Gasteiger partial charge in [0.15, 0.2) is 0 Å². The number of nitrogens with two attached hydrogens (primary N) is 1. The molecule has 0 saturated carbocycles. The number of rotatable bonds is 2. The van der Waals surface area contributed by atoms with Crippen LogP contribution in [0.3, 0.4) is 0 Å². The first kappa shape index (κ1) is 16.2. The third-order valence-corrected chi connectivity index (χ3v) is 3.64. The van der Waals surface area contributed by atoms with Crippen LogP contribution in [0.25, 0.3) is 0 Å². The second-order valence-corrected chi connectivity index (χ2v) is 7.16. The van der Waals surface area contributed by atoms with Crippen LogP contribution in [0.1, 0.15) is 31.1 Å². The number of esters is 1. The van der Waals surface area contributed by atoms with Gasteiger partial charge in [0, 0.05) is 0 Å². The van der Waals surface area contributed by atoms with Crippen LogP contribution in [0.4, 0.5) is 0 Å². The van der Waals surface area contributed by atoms with Crippen molar-refractivity contribution in [2.24, 2.45) is 5.14 Å². The molecule has 0 saturated heterocycles. The summed E-state index contributed by atoms with van der Waals surface area (Å²) in [6, 6.07) is 2.12. The minimum Gasteiger partial charge on any atom is -0.456 e. The van der Waals surface area contributed by atoms with Gasteiger partial charge in [-0.05, 0) is 32.9 Å². The van der Waals surface area contributed by atoms with E-state index in [1.807, 2.05) is 0 Å². The highest BCUT2D eigenvalue weighted by Gasteiger charge is 2.23. The number of hydrogen-bond acceptors (Lipinski definition) is 4. The van der Waals surface area contributed by atoms with Crippen molar-refractivity contribution in [3.05, 3.63) is 27.7 Å². The van der Waals surface area contributed by atoms with E-state index in [2.05, 4.69) is 0 Å². The lowest BCUT2D eigenvalue weighted by molar-refractivity contribution is 0.00695. The molecule has 1 aromatic rings. The van der Waals surface area contributed by atoms with Crippen molar-refractivity contribution in [2.75, 3.05) is 0 Å². The molecule has 106 valence electrons. The van der Waals surface area contributed by atoms with E-state index in [4.69, 9.17) is 33.1 Å². The van der Waals surface area contributed by atoms with Crippen LogP contribution in [0.15, 0.2) is 17.0 Å². The van der Waals surface area contributed by atoms with Crippen LogP contribution in [0.5, 0.6) is 0 Å². The van der Waals surface area contributed by atoms with Crippen molar-refractivity contribution in [1.82, 2.24) is 0 Å². The van der Waals surface area contributed by atoms with Crippen molar-refractivity contribution < 1.29 is 17.9 Å². The van der Waals surface area contributed by atoms with Gasteiger partial charge in [-0.1, -0.05) is 23.2 Å². The fourth-order valence-electron chi connectivity index (χ4n) is 1.21. The summed E-state index contributed by atoms with van der Waals surface area (Å²) in [5, 5.41) is 4.82. The molecule has 0 aliphatic rings.